The summed E-state index contributed by atoms with van der Waals surface area (Å²) in [5.74, 6) is -0.457. The van der Waals surface area contributed by atoms with Crippen LogP contribution in [0.3, 0.4) is 0 Å². The van der Waals surface area contributed by atoms with Crippen LogP contribution in [0.25, 0.3) is 5.82 Å². The molecule has 26 heavy (non-hydrogen) atoms. The van der Waals surface area contributed by atoms with Crippen molar-refractivity contribution >= 4 is 34.8 Å². The number of halogens is 5. The number of anilines is 1. The molecule has 0 spiro atoms. The van der Waals surface area contributed by atoms with E-state index in [4.69, 9.17) is 23.2 Å². The highest BCUT2D eigenvalue weighted by Crippen LogP contribution is 2.32. The maximum atomic E-state index is 12.7. The van der Waals surface area contributed by atoms with Gasteiger partial charge in [-0.3, -0.25) is 9.36 Å². The number of rotatable bonds is 3. The van der Waals surface area contributed by atoms with Crippen LogP contribution in [0.4, 0.5) is 18.9 Å². The van der Waals surface area contributed by atoms with Crippen molar-refractivity contribution < 1.29 is 18.0 Å². The molecule has 3 rings (SSSR count). The summed E-state index contributed by atoms with van der Waals surface area (Å²) in [7, 11) is 0. The zero-order valence-electron chi connectivity index (χ0n) is 12.9. The van der Waals surface area contributed by atoms with Crippen molar-refractivity contribution in [2.75, 3.05) is 5.32 Å². The van der Waals surface area contributed by atoms with Gasteiger partial charge in [0, 0.05) is 23.1 Å². The van der Waals surface area contributed by atoms with Crippen LogP contribution < -0.4 is 5.32 Å². The third-order valence-corrected chi connectivity index (χ3v) is 3.99. The number of aromatic nitrogens is 2. The van der Waals surface area contributed by atoms with Gasteiger partial charge < -0.3 is 5.32 Å². The molecule has 0 fully saturated rings. The Morgan fingerprint density at radius 3 is 2.42 bits per heavy atom. The molecule has 0 aliphatic carbocycles. The van der Waals surface area contributed by atoms with Crippen molar-refractivity contribution in [2.24, 2.45) is 0 Å². The van der Waals surface area contributed by atoms with Crippen molar-refractivity contribution in [3.05, 3.63) is 76.2 Å². The molecular formula is C17H10Cl2F3N3O. The maximum Gasteiger partial charge on any atom is 0.417 e. The van der Waals surface area contributed by atoms with Gasteiger partial charge in [-0.1, -0.05) is 23.2 Å². The summed E-state index contributed by atoms with van der Waals surface area (Å²) in [4.78, 5) is 16.2. The number of carbonyl (C=O) groups is 1. The van der Waals surface area contributed by atoms with Crippen LogP contribution in [-0.4, -0.2) is 15.5 Å². The molecule has 0 saturated carbocycles. The minimum absolute atomic E-state index is 0.0194. The van der Waals surface area contributed by atoms with E-state index in [-0.39, 0.29) is 16.5 Å². The number of hydrogen-bond acceptors (Lipinski definition) is 2. The summed E-state index contributed by atoms with van der Waals surface area (Å²) >= 11 is 11.7. The summed E-state index contributed by atoms with van der Waals surface area (Å²) in [5, 5.41) is 2.96. The first kappa shape index (κ1) is 18.3. The van der Waals surface area contributed by atoms with Crippen molar-refractivity contribution in [2.45, 2.75) is 6.18 Å². The Balaban J connectivity index is 1.91. The van der Waals surface area contributed by atoms with E-state index in [1.807, 2.05) is 0 Å². The lowest BCUT2D eigenvalue weighted by Gasteiger charge is -2.12. The van der Waals surface area contributed by atoms with E-state index in [9.17, 15) is 18.0 Å². The third-order valence-electron chi connectivity index (χ3n) is 3.46. The maximum absolute atomic E-state index is 12.7. The zero-order chi connectivity index (χ0) is 18.9. The number of benzene rings is 1. The highest BCUT2D eigenvalue weighted by molar-refractivity contribution is 6.32. The fourth-order valence-electron chi connectivity index (χ4n) is 2.24. The molecule has 1 amide bonds. The molecule has 0 unspecified atom stereocenters. The Labute approximate surface area is 156 Å². The molecule has 2 aromatic heterocycles. The van der Waals surface area contributed by atoms with E-state index < -0.39 is 17.6 Å². The fraction of sp³-hybridized carbons (Fsp3) is 0.0588. The number of amides is 1. The molecule has 0 atom stereocenters. The normalized spacial score (nSPS) is 11.4. The second-order valence-electron chi connectivity index (χ2n) is 5.25. The second-order valence-corrected chi connectivity index (χ2v) is 6.10. The first-order valence-electron chi connectivity index (χ1n) is 7.23. The summed E-state index contributed by atoms with van der Waals surface area (Å²) in [6.45, 7) is 0. The first-order chi connectivity index (χ1) is 12.3. The molecule has 0 saturated heterocycles. The lowest BCUT2D eigenvalue weighted by atomic mass is 10.2. The van der Waals surface area contributed by atoms with E-state index in [1.165, 1.54) is 16.8 Å². The highest BCUT2D eigenvalue weighted by Gasteiger charge is 2.32. The van der Waals surface area contributed by atoms with E-state index in [0.717, 1.165) is 6.07 Å². The molecule has 1 aromatic carbocycles. The molecule has 0 radical (unpaired) electrons. The summed E-state index contributed by atoms with van der Waals surface area (Å²) in [6.07, 6.45) is -2.40. The van der Waals surface area contributed by atoms with Crippen LogP contribution in [0.1, 0.15) is 16.1 Å². The van der Waals surface area contributed by atoms with E-state index in [1.54, 1.807) is 30.3 Å². The van der Waals surface area contributed by atoms with Crippen LogP contribution in [0.15, 0.2) is 54.9 Å². The van der Waals surface area contributed by atoms with E-state index >= 15 is 0 Å². The molecular weight excluding hydrogens is 390 g/mol. The van der Waals surface area contributed by atoms with Crippen LogP contribution in [0.2, 0.25) is 10.0 Å². The Morgan fingerprint density at radius 2 is 1.81 bits per heavy atom. The average molecular weight is 400 g/mol. The number of nitrogens with zero attached hydrogens (tertiary/aromatic N) is 2. The summed E-state index contributed by atoms with van der Waals surface area (Å²) in [6, 6.07) is 10.3. The lowest BCUT2D eigenvalue weighted by Crippen LogP contribution is -2.17. The zero-order valence-corrected chi connectivity index (χ0v) is 14.4. The van der Waals surface area contributed by atoms with Crippen molar-refractivity contribution in [3.8, 4) is 5.82 Å². The van der Waals surface area contributed by atoms with Crippen LogP contribution >= 0.6 is 23.2 Å². The van der Waals surface area contributed by atoms with Crippen molar-refractivity contribution in [1.82, 2.24) is 9.55 Å². The van der Waals surface area contributed by atoms with Crippen LogP contribution in [0, 0.1) is 0 Å². The molecule has 134 valence electrons. The van der Waals surface area contributed by atoms with Gasteiger partial charge in [0.1, 0.15) is 5.69 Å². The molecule has 0 aliphatic rings. The van der Waals surface area contributed by atoms with Gasteiger partial charge in [-0.2, -0.15) is 13.2 Å². The minimum Gasteiger partial charge on any atom is -0.321 e. The molecule has 0 bridgehead atoms. The molecule has 0 aliphatic heterocycles. The van der Waals surface area contributed by atoms with Gasteiger partial charge in [0.25, 0.3) is 5.91 Å². The predicted molar refractivity (Wildman–Crippen MR) is 93.0 cm³/mol. The topological polar surface area (TPSA) is 46.9 Å². The third kappa shape index (κ3) is 3.84. The number of nitrogens with one attached hydrogen (secondary N) is 1. The smallest absolute Gasteiger partial charge is 0.321 e. The van der Waals surface area contributed by atoms with Gasteiger partial charge in [-0.25, -0.2) is 4.98 Å². The Hall–Kier alpha value is -2.51. The number of hydrogen-bond donors (Lipinski definition) is 1. The van der Waals surface area contributed by atoms with Gasteiger partial charge >= 0.3 is 6.18 Å². The fourth-order valence-corrected chi connectivity index (χ4v) is 2.63. The quantitative estimate of drug-likeness (QED) is 0.636. The van der Waals surface area contributed by atoms with Gasteiger partial charge in [-0.15, -0.1) is 0 Å². The summed E-state index contributed by atoms with van der Waals surface area (Å²) < 4.78 is 39.5. The van der Waals surface area contributed by atoms with E-state index in [2.05, 4.69) is 10.3 Å². The first-order valence-corrected chi connectivity index (χ1v) is 7.98. The van der Waals surface area contributed by atoms with Gasteiger partial charge in [0.2, 0.25) is 0 Å². The van der Waals surface area contributed by atoms with Gasteiger partial charge in [-0.05, 0) is 42.5 Å². The molecule has 9 heteroatoms. The van der Waals surface area contributed by atoms with Crippen molar-refractivity contribution in [3.63, 3.8) is 0 Å². The van der Waals surface area contributed by atoms with E-state index in [0.29, 0.717) is 16.9 Å². The summed E-state index contributed by atoms with van der Waals surface area (Å²) in [5.41, 5.74) is -0.293. The number of carbonyl (C=O) groups excluding carboxylic acids is 1. The molecule has 3 aromatic rings. The van der Waals surface area contributed by atoms with Gasteiger partial charge in [0.15, 0.2) is 5.82 Å². The van der Waals surface area contributed by atoms with Crippen LogP contribution in [0.5, 0.6) is 0 Å². The highest BCUT2D eigenvalue weighted by atomic mass is 35.5. The minimum atomic E-state index is -4.55. The lowest BCUT2D eigenvalue weighted by molar-refractivity contribution is -0.137. The van der Waals surface area contributed by atoms with Crippen molar-refractivity contribution in [1.29, 1.82) is 0 Å². The molecule has 2 heterocycles. The second kappa shape index (κ2) is 7.01. The van der Waals surface area contributed by atoms with Crippen LogP contribution in [-0.2, 0) is 6.18 Å². The molecule has 4 nitrogen and oxygen atoms in total. The average Bonchev–Trinajstić information content (AvgIpc) is 3.05. The monoisotopic (exact) mass is 399 g/mol. The largest absolute Gasteiger partial charge is 0.417 e. The SMILES string of the molecule is O=C(Nc1ccc(Cl)cc1)c1cccn1-c1ncc(C(F)(F)F)cc1Cl. The Bertz CT molecular complexity index is 953. The number of pyridine rings is 1. The molecule has 1 N–H and O–H groups in total. The number of alkyl halides is 3. The Morgan fingerprint density at radius 1 is 1.12 bits per heavy atom. The Kier molecular flexibility index (Phi) is 4.93. The predicted octanol–water partition coefficient (Wildman–Crippen LogP) is 5.45. The van der Waals surface area contributed by atoms with Gasteiger partial charge in [0.05, 0.1) is 10.6 Å². The standard InChI is InChI=1S/C17H10Cl2F3N3O/c18-11-3-5-12(6-4-11)24-16(26)14-2-1-7-25(14)15-13(19)8-10(9-23-15)17(20,21)22/h1-9H,(H,24,26).